The van der Waals surface area contributed by atoms with Gasteiger partial charge in [-0.2, -0.15) is 4.31 Å². The van der Waals surface area contributed by atoms with Crippen molar-refractivity contribution in [3.05, 3.63) is 58.9 Å². The van der Waals surface area contributed by atoms with E-state index in [4.69, 9.17) is 11.6 Å². The molecule has 6 nitrogen and oxygen atoms in total. The second-order valence-corrected chi connectivity index (χ2v) is 11.0. The summed E-state index contributed by atoms with van der Waals surface area (Å²) >= 11 is 6.30. The van der Waals surface area contributed by atoms with Crippen LogP contribution in [0.4, 0.5) is 10.1 Å². The molecule has 2 aromatic rings. The number of piperazine rings is 1. The molecule has 0 unspecified atom stereocenters. The van der Waals surface area contributed by atoms with Crippen molar-refractivity contribution in [2.24, 2.45) is 5.92 Å². The van der Waals surface area contributed by atoms with Gasteiger partial charge in [0.05, 0.1) is 5.02 Å². The molecule has 1 saturated carbocycles. The van der Waals surface area contributed by atoms with Gasteiger partial charge in [0.2, 0.25) is 10.0 Å². The predicted octanol–water partition coefficient (Wildman–Crippen LogP) is 4.25. The lowest BCUT2D eigenvalue weighted by Crippen LogP contribution is -2.48. The lowest BCUT2D eigenvalue weighted by Gasteiger charge is -2.35. The molecule has 0 spiro atoms. The molecular weight excluding hydrogens is 465 g/mol. The maximum atomic E-state index is 13.4. The van der Waals surface area contributed by atoms with Gasteiger partial charge in [0.1, 0.15) is 10.7 Å². The normalized spacial score (nSPS) is 17.2. The molecule has 1 aliphatic carbocycles. The van der Waals surface area contributed by atoms with Gasteiger partial charge >= 0.3 is 0 Å². The van der Waals surface area contributed by atoms with Gasteiger partial charge in [0, 0.05) is 50.5 Å². The second-order valence-electron chi connectivity index (χ2n) is 8.71. The van der Waals surface area contributed by atoms with E-state index in [0.29, 0.717) is 37.7 Å². The van der Waals surface area contributed by atoms with Crippen molar-refractivity contribution < 1.29 is 17.6 Å². The van der Waals surface area contributed by atoms with Crippen LogP contribution in [0.15, 0.2) is 47.4 Å². The Hall–Kier alpha value is -2.16. The van der Waals surface area contributed by atoms with Crippen molar-refractivity contribution in [3.8, 4) is 0 Å². The van der Waals surface area contributed by atoms with E-state index in [0.717, 1.165) is 24.9 Å². The molecule has 0 atom stereocenters. The summed E-state index contributed by atoms with van der Waals surface area (Å²) in [6.45, 7) is 4.89. The van der Waals surface area contributed by atoms with Crippen molar-refractivity contribution >= 4 is 33.2 Å². The predicted molar refractivity (Wildman–Crippen MR) is 128 cm³/mol. The van der Waals surface area contributed by atoms with Gasteiger partial charge in [-0.15, -0.1) is 0 Å². The average Bonchev–Trinajstić information content (AvgIpc) is 3.63. The van der Waals surface area contributed by atoms with Crippen LogP contribution >= 0.6 is 11.6 Å². The Morgan fingerprint density at radius 2 is 1.76 bits per heavy atom. The zero-order chi connectivity index (χ0) is 23.6. The Labute approximate surface area is 200 Å². The maximum absolute atomic E-state index is 13.4. The lowest BCUT2D eigenvalue weighted by molar-refractivity contribution is 0.0747. The molecular formula is C24H29ClFN3O3S. The number of anilines is 1. The van der Waals surface area contributed by atoms with Crippen LogP contribution in [-0.4, -0.2) is 62.8 Å². The Morgan fingerprint density at radius 1 is 1.09 bits per heavy atom. The number of rotatable bonds is 8. The molecule has 0 aromatic heterocycles. The zero-order valence-electron chi connectivity index (χ0n) is 18.7. The third kappa shape index (κ3) is 5.50. The Bertz CT molecular complexity index is 1100. The highest BCUT2D eigenvalue weighted by atomic mass is 35.5. The fraction of sp³-hybridized carbons (Fsp3) is 0.458. The van der Waals surface area contributed by atoms with Gasteiger partial charge in [-0.1, -0.05) is 18.5 Å². The molecule has 2 aliphatic rings. The average molecular weight is 494 g/mol. The zero-order valence-corrected chi connectivity index (χ0v) is 20.3. The number of amides is 1. The third-order valence-electron chi connectivity index (χ3n) is 6.18. The van der Waals surface area contributed by atoms with Crippen LogP contribution in [0.25, 0.3) is 0 Å². The number of hydrogen-bond acceptors (Lipinski definition) is 4. The summed E-state index contributed by atoms with van der Waals surface area (Å²) < 4.78 is 41.4. The molecule has 9 heteroatoms. The summed E-state index contributed by atoms with van der Waals surface area (Å²) in [7, 11) is -3.87. The minimum atomic E-state index is -3.87. The number of sulfonamides is 1. The summed E-state index contributed by atoms with van der Waals surface area (Å²) in [6, 6.07) is 10.7. The molecule has 33 heavy (non-hydrogen) atoms. The van der Waals surface area contributed by atoms with Crippen molar-refractivity contribution in [1.82, 2.24) is 9.21 Å². The van der Waals surface area contributed by atoms with Crippen LogP contribution in [0.1, 0.15) is 36.5 Å². The molecule has 2 fully saturated rings. The minimum absolute atomic E-state index is 0.0341. The van der Waals surface area contributed by atoms with E-state index < -0.39 is 10.0 Å². The minimum Gasteiger partial charge on any atom is -0.369 e. The number of carbonyl (C=O) groups excluding carboxylic acids is 1. The highest BCUT2D eigenvalue weighted by Crippen LogP contribution is 2.31. The number of benzene rings is 2. The molecule has 0 N–H and O–H groups in total. The fourth-order valence-corrected chi connectivity index (χ4v) is 6.07. The van der Waals surface area contributed by atoms with Crippen LogP contribution < -0.4 is 4.90 Å². The highest BCUT2D eigenvalue weighted by molar-refractivity contribution is 7.89. The van der Waals surface area contributed by atoms with Crippen molar-refractivity contribution in [2.75, 3.05) is 44.2 Å². The number of carbonyl (C=O) groups is 1. The summed E-state index contributed by atoms with van der Waals surface area (Å²) in [6.07, 6.45) is 3.12. The molecule has 1 amide bonds. The molecule has 0 radical (unpaired) electrons. The molecule has 1 saturated heterocycles. The summed E-state index contributed by atoms with van der Waals surface area (Å²) in [5.74, 6) is 0.0880. The summed E-state index contributed by atoms with van der Waals surface area (Å²) in [5.41, 5.74) is 1.20. The Balaban J connectivity index is 1.50. The largest absolute Gasteiger partial charge is 0.369 e. The van der Waals surface area contributed by atoms with E-state index >= 15 is 0 Å². The molecule has 178 valence electrons. The van der Waals surface area contributed by atoms with E-state index in [1.54, 1.807) is 18.2 Å². The third-order valence-corrected chi connectivity index (χ3v) is 8.56. The molecule has 2 aromatic carbocycles. The monoisotopic (exact) mass is 493 g/mol. The maximum Gasteiger partial charge on any atom is 0.253 e. The molecule has 0 bridgehead atoms. The molecule has 1 heterocycles. The van der Waals surface area contributed by atoms with Gasteiger partial charge in [0.15, 0.2) is 0 Å². The SMILES string of the molecule is CCCN(CC1CC1)C(=O)c1ccc(Cl)c(S(=O)(=O)N2CCN(c3ccc(F)cc3)CC2)c1. The van der Waals surface area contributed by atoms with Gasteiger partial charge in [-0.25, -0.2) is 12.8 Å². The Kier molecular flexibility index (Phi) is 7.26. The summed E-state index contributed by atoms with van der Waals surface area (Å²) in [5, 5.41) is 0.108. The van der Waals surface area contributed by atoms with Crippen LogP contribution in [0.5, 0.6) is 0 Å². The first-order valence-corrected chi connectivity index (χ1v) is 13.2. The van der Waals surface area contributed by atoms with Gasteiger partial charge in [-0.05, 0) is 67.6 Å². The molecule has 1 aliphatic heterocycles. The topological polar surface area (TPSA) is 60.9 Å². The van der Waals surface area contributed by atoms with Crippen molar-refractivity contribution in [2.45, 2.75) is 31.1 Å². The van der Waals surface area contributed by atoms with E-state index in [1.807, 2.05) is 16.7 Å². The van der Waals surface area contributed by atoms with Crippen LogP contribution in [0, 0.1) is 11.7 Å². The van der Waals surface area contributed by atoms with E-state index in [9.17, 15) is 17.6 Å². The van der Waals surface area contributed by atoms with Gasteiger partial charge in [-0.3, -0.25) is 4.79 Å². The van der Waals surface area contributed by atoms with E-state index in [1.165, 1.54) is 28.6 Å². The molecule has 4 rings (SSSR count). The van der Waals surface area contributed by atoms with Crippen molar-refractivity contribution in [1.29, 1.82) is 0 Å². The van der Waals surface area contributed by atoms with Crippen LogP contribution in [0.3, 0.4) is 0 Å². The number of halogens is 2. The first-order chi connectivity index (χ1) is 15.8. The highest BCUT2D eigenvalue weighted by Gasteiger charge is 2.32. The Morgan fingerprint density at radius 3 is 2.36 bits per heavy atom. The fourth-order valence-electron chi connectivity index (χ4n) is 4.15. The standard InChI is InChI=1S/C24H29ClFN3O3S/c1-2-11-28(17-18-3-4-18)24(30)19-5-10-22(25)23(16-19)33(31,32)29-14-12-27(13-15-29)21-8-6-20(26)7-9-21/h5-10,16,18H,2-4,11-15,17H2,1H3. The van der Waals surface area contributed by atoms with E-state index in [2.05, 4.69) is 0 Å². The summed E-state index contributed by atoms with van der Waals surface area (Å²) in [4.78, 5) is 16.9. The smallest absolute Gasteiger partial charge is 0.253 e. The lowest BCUT2D eigenvalue weighted by atomic mass is 10.2. The number of nitrogens with zero attached hydrogens (tertiary/aromatic N) is 3. The van der Waals surface area contributed by atoms with Crippen LogP contribution in [0.2, 0.25) is 5.02 Å². The first kappa shape index (κ1) is 24.0. The quantitative estimate of drug-likeness (QED) is 0.551. The van der Waals surface area contributed by atoms with Gasteiger partial charge < -0.3 is 9.80 Å². The van der Waals surface area contributed by atoms with Crippen molar-refractivity contribution in [3.63, 3.8) is 0 Å². The first-order valence-electron chi connectivity index (χ1n) is 11.4. The van der Waals surface area contributed by atoms with Gasteiger partial charge in [0.25, 0.3) is 5.91 Å². The second kappa shape index (κ2) is 9.99. The van der Waals surface area contributed by atoms with E-state index in [-0.39, 0.29) is 34.7 Å². The van der Waals surface area contributed by atoms with Crippen LogP contribution in [-0.2, 0) is 10.0 Å². The number of hydrogen-bond donors (Lipinski definition) is 0.